The third-order valence-electron chi connectivity index (χ3n) is 4.98. The maximum Gasteiger partial charge on any atom is 0.188 e. The molecule has 1 aromatic rings. The third-order valence-corrected chi connectivity index (χ3v) is 4.98. The molecular weight excluding hydrogens is 415 g/mol. The molecule has 1 saturated carbocycles. The van der Waals surface area contributed by atoms with Crippen molar-refractivity contribution in [2.24, 2.45) is 16.6 Å². The van der Waals surface area contributed by atoms with Crippen molar-refractivity contribution in [1.29, 1.82) is 0 Å². The van der Waals surface area contributed by atoms with Gasteiger partial charge in [-0.1, -0.05) is 30.7 Å². The summed E-state index contributed by atoms with van der Waals surface area (Å²) >= 11 is 0. The van der Waals surface area contributed by atoms with Crippen LogP contribution < -0.4 is 11.1 Å². The Hall–Kier alpha value is -0.860. The van der Waals surface area contributed by atoms with Crippen molar-refractivity contribution in [1.82, 2.24) is 10.2 Å². The van der Waals surface area contributed by atoms with Crippen molar-refractivity contribution >= 4 is 29.9 Å². The summed E-state index contributed by atoms with van der Waals surface area (Å²) in [6.07, 6.45) is 4.67. The predicted molar refractivity (Wildman–Crippen MR) is 108 cm³/mol. The summed E-state index contributed by atoms with van der Waals surface area (Å²) in [6.45, 7) is 4.16. The second kappa shape index (κ2) is 9.58. The first-order chi connectivity index (χ1) is 11.2. The molecule has 0 spiro atoms. The number of aliphatic hydroxyl groups is 1. The van der Waals surface area contributed by atoms with Gasteiger partial charge in [-0.25, -0.2) is 4.99 Å². The van der Waals surface area contributed by atoms with Crippen LogP contribution in [0.1, 0.15) is 36.8 Å². The van der Waals surface area contributed by atoms with Gasteiger partial charge in [0.2, 0.25) is 0 Å². The van der Waals surface area contributed by atoms with E-state index in [-0.39, 0.29) is 30.1 Å². The van der Waals surface area contributed by atoms with Crippen molar-refractivity contribution in [3.05, 3.63) is 35.4 Å². The smallest absolute Gasteiger partial charge is 0.188 e. The zero-order valence-electron chi connectivity index (χ0n) is 14.2. The number of hydrogen-bond donors (Lipinski definition) is 3. The fourth-order valence-corrected chi connectivity index (χ4v) is 3.23. The lowest BCUT2D eigenvalue weighted by molar-refractivity contribution is 0.174. The number of likely N-dealkylation sites (tertiary alicyclic amines) is 1. The number of β-amino-alcohol motifs (C(OH)–C–C–N with tert-alkyl or cyclic N) is 1. The Bertz CT molecular complexity index is 548. The molecule has 134 valence electrons. The SMILES string of the molecule is I.NC(=NCc1ccccc1CN1CCC(O)C1)NCC1CCC1. The Labute approximate surface area is 161 Å². The zero-order chi connectivity index (χ0) is 16.1. The molecule has 24 heavy (non-hydrogen) atoms. The standard InChI is InChI=1S/C18H28N4O.HI/c19-18(20-10-14-4-3-5-14)21-11-15-6-1-2-7-16(15)12-22-9-8-17(23)13-22;/h1-2,6-7,14,17,23H,3-5,8-13H2,(H3,19,20,21);1H. The number of benzene rings is 1. The summed E-state index contributed by atoms with van der Waals surface area (Å²) in [4.78, 5) is 6.79. The number of nitrogens with zero attached hydrogens (tertiary/aromatic N) is 2. The van der Waals surface area contributed by atoms with E-state index in [1.165, 1.54) is 30.4 Å². The van der Waals surface area contributed by atoms with Gasteiger partial charge in [-0.05, 0) is 36.3 Å². The summed E-state index contributed by atoms with van der Waals surface area (Å²) in [5.74, 6) is 1.32. The molecule has 1 aromatic carbocycles. The fourth-order valence-electron chi connectivity index (χ4n) is 3.23. The fraction of sp³-hybridized carbons (Fsp3) is 0.611. The highest BCUT2D eigenvalue weighted by molar-refractivity contribution is 14.0. The molecule has 1 aliphatic heterocycles. The molecular formula is C18H29IN4O. The van der Waals surface area contributed by atoms with Gasteiger partial charge in [0.05, 0.1) is 12.6 Å². The molecule has 3 rings (SSSR count). The molecule has 6 heteroatoms. The van der Waals surface area contributed by atoms with Crippen LogP contribution in [-0.4, -0.2) is 41.7 Å². The molecule has 1 heterocycles. The van der Waals surface area contributed by atoms with E-state index >= 15 is 0 Å². The maximum atomic E-state index is 9.66. The van der Waals surface area contributed by atoms with Gasteiger partial charge in [0.1, 0.15) is 0 Å². The van der Waals surface area contributed by atoms with Crippen LogP contribution in [0.3, 0.4) is 0 Å². The largest absolute Gasteiger partial charge is 0.392 e. The van der Waals surface area contributed by atoms with Crippen LogP contribution in [-0.2, 0) is 13.1 Å². The predicted octanol–water partition coefficient (Wildman–Crippen LogP) is 2.08. The van der Waals surface area contributed by atoms with E-state index in [1.807, 2.05) is 6.07 Å². The number of nitrogens with one attached hydrogen (secondary N) is 1. The molecule has 1 saturated heterocycles. The summed E-state index contributed by atoms with van der Waals surface area (Å²) in [5, 5.41) is 12.9. The molecule has 2 fully saturated rings. The second-order valence-corrected chi connectivity index (χ2v) is 6.83. The highest BCUT2D eigenvalue weighted by Crippen LogP contribution is 2.25. The van der Waals surface area contributed by atoms with E-state index < -0.39 is 0 Å². The molecule has 0 aromatic heterocycles. The number of guanidine groups is 1. The van der Waals surface area contributed by atoms with E-state index in [0.717, 1.165) is 38.5 Å². The number of aliphatic hydroxyl groups excluding tert-OH is 1. The van der Waals surface area contributed by atoms with Crippen molar-refractivity contribution in [3.8, 4) is 0 Å². The van der Waals surface area contributed by atoms with Gasteiger partial charge in [-0.15, -0.1) is 24.0 Å². The normalized spacial score (nSPS) is 22.0. The van der Waals surface area contributed by atoms with Gasteiger partial charge in [-0.2, -0.15) is 0 Å². The lowest BCUT2D eigenvalue weighted by atomic mass is 9.85. The van der Waals surface area contributed by atoms with Gasteiger partial charge < -0.3 is 16.2 Å². The molecule has 0 amide bonds. The monoisotopic (exact) mass is 444 g/mol. The average molecular weight is 444 g/mol. The molecule has 2 aliphatic rings. The van der Waals surface area contributed by atoms with E-state index in [4.69, 9.17) is 5.73 Å². The van der Waals surface area contributed by atoms with E-state index in [0.29, 0.717) is 12.5 Å². The first kappa shape index (κ1) is 19.5. The minimum atomic E-state index is -0.175. The van der Waals surface area contributed by atoms with E-state index in [1.54, 1.807) is 0 Å². The van der Waals surface area contributed by atoms with Crippen LogP contribution in [0, 0.1) is 5.92 Å². The first-order valence-electron chi connectivity index (χ1n) is 8.71. The molecule has 5 nitrogen and oxygen atoms in total. The van der Waals surface area contributed by atoms with Crippen molar-refractivity contribution in [2.75, 3.05) is 19.6 Å². The summed E-state index contributed by atoms with van der Waals surface area (Å²) < 4.78 is 0. The Balaban J connectivity index is 0.00000208. The number of aliphatic imine (C=N–C) groups is 1. The van der Waals surface area contributed by atoms with E-state index in [2.05, 4.69) is 33.4 Å². The minimum Gasteiger partial charge on any atom is -0.392 e. The van der Waals surface area contributed by atoms with Crippen LogP contribution >= 0.6 is 24.0 Å². The third kappa shape index (κ3) is 5.60. The van der Waals surface area contributed by atoms with Gasteiger partial charge in [0.15, 0.2) is 5.96 Å². The number of halogens is 1. The average Bonchev–Trinajstić information content (AvgIpc) is 2.90. The number of hydrogen-bond acceptors (Lipinski definition) is 3. The Morgan fingerprint density at radius 3 is 2.62 bits per heavy atom. The lowest BCUT2D eigenvalue weighted by Gasteiger charge is -2.25. The van der Waals surface area contributed by atoms with Gasteiger partial charge in [0.25, 0.3) is 0 Å². The summed E-state index contributed by atoms with van der Waals surface area (Å²) in [5.41, 5.74) is 8.46. The molecule has 1 aliphatic carbocycles. The maximum absolute atomic E-state index is 9.66. The topological polar surface area (TPSA) is 73.9 Å². The van der Waals surface area contributed by atoms with Crippen LogP contribution in [0.5, 0.6) is 0 Å². The lowest BCUT2D eigenvalue weighted by Crippen LogP contribution is -2.37. The minimum absolute atomic E-state index is 0. The number of nitrogens with two attached hydrogens (primary N) is 1. The summed E-state index contributed by atoms with van der Waals surface area (Å²) in [6, 6.07) is 8.37. The van der Waals surface area contributed by atoms with Crippen LogP contribution in [0.2, 0.25) is 0 Å². The van der Waals surface area contributed by atoms with Gasteiger partial charge in [0, 0.05) is 26.2 Å². The Morgan fingerprint density at radius 1 is 1.25 bits per heavy atom. The molecule has 1 unspecified atom stereocenters. The van der Waals surface area contributed by atoms with Crippen molar-refractivity contribution in [2.45, 2.75) is 44.9 Å². The Kier molecular flexibility index (Phi) is 7.77. The van der Waals surface area contributed by atoms with Crippen molar-refractivity contribution in [3.63, 3.8) is 0 Å². The quantitative estimate of drug-likeness (QED) is 0.357. The molecule has 1 atom stereocenters. The molecule has 0 radical (unpaired) electrons. The van der Waals surface area contributed by atoms with Crippen LogP contribution in [0.4, 0.5) is 0 Å². The number of rotatable bonds is 6. The zero-order valence-corrected chi connectivity index (χ0v) is 16.5. The van der Waals surface area contributed by atoms with Gasteiger partial charge in [-0.3, -0.25) is 4.90 Å². The second-order valence-electron chi connectivity index (χ2n) is 6.83. The molecule has 4 N–H and O–H groups in total. The van der Waals surface area contributed by atoms with Crippen LogP contribution in [0.25, 0.3) is 0 Å². The van der Waals surface area contributed by atoms with Gasteiger partial charge >= 0.3 is 0 Å². The highest BCUT2D eigenvalue weighted by Gasteiger charge is 2.20. The van der Waals surface area contributed by atoms with E-state index in [9.17, 15) is 5.11 Å². The highest BCUT2D eigenvalue weighted by atomic mass is 127. The Morgan fingerprint density at radius 2 is 2.00 bits per heavy atom. The van der Waals surface area contributed by atoms with Crippen molar-refractivity contribution < 1.29 is 5.11 Å². The van der Waals surface area contributed by atoms with Crippen LogP contribution in [0.15, 0.2) is 29.3 Å². The first-order valence-corrected chi connectivity index (χ1v) is 8.71. The summed E-state index contributed by atoms with van der Waals surface area (Å²) in [7, 11) is 0. The molecule has 0 bridgehead atoms.